The summed E-state index contributed by atoms with van der Waals surface area (Å²) in [7, 11) is 0. The number of pyridine rings is 1. The molecular weight excluding hydrogens is 351 g/mol. The predicted molar refractivity (Wildman–Crippen MR) is 106 cm³/mol. The highest BCUT2D eigenvalue weighted by molar-refractivity contribution is 7.99. The van der Waals surface area contributed by atoms with Crippen molar-refractivity contribution in [3.63, 3.8) is 0 Å². The van der Waals surface area contributed by atoms with Gasteiger partial charge in [0.25, 0.3) is 0 Å². The summed E-state index contributed by atoms with van der Waals surface area (Å²) in [5.41, 5.74) is 1.80. The van der Waals surface area contributed by atoms with E-state index in [1.807, 2.05) is 23.1 Å². The van der Waals surface area contributed by atoms with Crippen molar-refractivity contribution in [1.29, 1.82) is 0 Å². The Hall–Kier alpha value is -1.43. The highest BCUT2D eigenvalue weighted by Crippen LogP contribution is 2.39. The second kappa shape index (κ2) is 7.44. The van der Waals surface area contributed by atoms with Crippen molar-refractivity contribution in [3.05, 3.63) is 64.5 Å². The van der Waals surface area contributed by atoms with Gasteiger partial charge in [-0.3, -0.25) is 9.88 Å². The summed E-state index contributed by atoms with van der Waals surface area (Å²) in [5.74, 6) is 2.10. The minimum atomic E-state index is -0.216. The molecule has 0 unspecified atom stereocenters. The number of thioether (sulfide) groups is 1. The highest BCUT2D eigenvalue weighted by atomic mass is 32.2. The summed E-state index contributed by atoms with van der Waals surface area (Å²) >= 11 is 3.85. The molecule has 1 atom stereocenters. The van der Waals surface area contributed by atoms with Gasteiger partial charge in [0.2, 0.25) is 0 Å². The first-order chi connectivity index (χ1) is 12.2. The molecule has 1 aliphatic rings. The average molecular weight is 373 g/mol. The first-order valence-electron chi connectivity index (χ1n) is 8.65. The van der Waals surface area contributed by atoms with Crippen LogP contribution in [-0.2, 0) is 6.42 Å². The molecule has 3 aromatic rings. The summed E-state index contributed by atoms with van der Waals surface area (Å²) in [6, 6.07) is 11.6. The van der Waals surface area contributed by atoms with Crippen LogP contribution in [0.1, 0.15) is 29.0 Å². The third-order valence-electron chi connectivity index (χ3n) is 4.82. The van der Waals surface area contributed by atoms with E-state index in [1.165, 1.54) is 38.9 Å². The molecule has 4 rings (SSSR count). The molecule has 2 aromatic heterocycles. The molecule has 1 aliphatic heterocycles. The van der Waals surface area contributed by atoms with Crippen molar-refractivity contribution in [2.24, 2.45) is 0 Å². The van der Waals surface area contributed by atoms with Gasteiger partial charge in [-0.05, 0) is 35.6 Å². The molecule has 25 heavy (non-hydrogen) atoms. The van der Waals surface area contributed by atoms with Crippen LogP contribution in [0.3, 0.4) is 0 Å². The molecule has 0 bridgehead atoms. The van der Waals surface area contributed by atoms with Crippen LogP contribution >= 0.6 is 23.1 Å². The number of aromatic nitrogens is 1. The highest BCUT2D eigenvalue weighted by Gasteiger charge is 2.23. The average Bonchev–Trinajstić information content (AvgIpc) is 3.27. The van der Waals surface area contributed by atoms with Crippen molar-refractivity contribution >= 4 is 33.2 Å². The molecule has 0 amide bonds. The van der Waals surface area contributed by atoms with Crippen molar-refractivity contribution in [1.82, 2.24) is 9.88 Å². The first kappa shape index (κ1) is 17.0. The minimum Gasteiger partial charge on any atom is -0.293 e. The van der Waals surface area contributed by atoms with Gasteiger partial charge in [0.05, 0.1) is 5.69 Å². The van der Waals surface area contributed by atoms with E-state index in [0.29, 0.717) is 5.69 Å². The molecule has 1 fully saturated rings. The summed E-state index contributed by atoms with van der Waals surface area (Å²) in [6.07, 6.45) is 2.71. The Morgan fingerprint density at radius 3 is 2.92 bits per heavy atom. The van der Waals surface area contributed by atoms with Crippen LogP contribution < -0.4 is 0 Å². The number of nitrogens with zero attached hydrogens (tertiary/aromatic N) is 2. The fourth-order valence-corrected chi connectivity index (χ4v) is 5.84. The van der Waals surface area contributed by atoms with Crippen LogP contribution in [0.5, 0.6) is 0 Å². The van der Waals surface area contributed by atoms with Crippen LogP contribution in [0.25, 0.3) is 10.1 Å². The number of halogens is 1. The SMILES string of the molecule is C[C@@H](c1ncccc1F)c1c(CCN2CCSC2)sc2ccccc12. The standard InChI is InChI=1S/C20H21FN2S2/c1-14(20-16(21)6-4-9-22-20)19-15-5-2-3-7-17(15)25-18(19)8-10-23-11-12-24-13-23/h2-7,9,14H,8,10-13H2,1H3/t14-/m1/s1. The Morgan fingerprint density at radius 1 is 1.24 bits per heavy atom. The Kier molecular flexibility index (Phi) is 5.06. The normalized spacial score (nSPS) is 16.6. The summed E-state index contributed by atoms with van der Waals surface area (Å²) < 4.78 is 15.6. The summed E-state index contributed by atoms with van der Waals surface area (Å²) in [4.78, 5) is 8.21. The Balaban J connectivity index is 1.72. The number of hydrogen-bond donors (Lipinski definition) is 0. The molecule has 2 nitrogen and oxygen atoms in total. The molecule has 0 saturated carbocycles. The van der Waals surface area contributed by atoms with Gasteiger partial charge in [0, 0.05) is 46.4 Å². The van der Waals surface area contributed by atoms with E-state index < -0.39 is 0 Å². The Labute approximate surface area is 156 Å². The number of benzene rings is 1. The van der Waals surface area contributed by atoms with Gasteiger partial charge in [-0.15, -0.1) is 23.1 Å². The molecule has 130 valence electrons. The quantitative estimate of drug-likeness (QED) is 0.617. The van der Waals surface area contributed by atoms with E-state index in [0.717, 1.165) is 18.8 Å². The monoisotopic (exact) mass is 372 g/mol. The first-order valence-corrected chi connectivity index (χ1v) is 10.6. The van der Waals surface area contributed by atoms with Crippen LogP contribution in [0, 0.1) is 5.82 Å². The summed E-state index contributed by atoms with van der Waals surface area (Å²) in [6.45, 7) is 4.33. The van der Waals surface area contributed by atoms with E-state index in [4.69, 9.17) is 0 Å². The van der Waals surface area contributed by atoms with E-state index in [-0.39, 0.29) is 11.7 Å². The maximum Gasteiger partial charge on any atom is 0.145 e. The van der Waals surface area contributed by atoms with Crippen molar-refractivity contribution in [3.8, 4) is 0 Å². The third-order valence-corrected chi connectivity index (χ3v) is 7.09. The lowest BCUT2D eigenvalue weighted by Gasteiger charge is -2.17. The van der Waals surface area contributed by atoms with Gasteiger partial charge in [-0.2, -0.15) is 0 Å². The van der Waals surface area contributed by atoms with Gasteiger partial charge in [-0.1, -0.05) is 25.1 Å². The molecule has 1 aromatic carbocycles. The number of rotatable bonds is 5. The molecule has 0 spiro atoms. The number of hydrogen-bond acceptors (Lipinski definition) is 4. The smallest absolute Gasteiger partial charge is 0.145 e. The molecular formula is C20H21FN2S2. The molecule has 1 saturated heterocycles. The lowest BCUT2D eigenvalue weighted by molar-refractivity contribution is 0.361. The largest absolute Gasteiger partial charge is 0.293 e. The van der Waals surface area contributed by atoms with E-state index in [2.05, 4.69) is 41.1 Å². The van der Waals surface area contributed by atoms with Crippen LogP contribution in [-0.4, -0.2) is 34.6 Å². The zero-order valence-electron chi connectivity index (χ0n) is 14.2. The number of fused-ring (bicyclic) bond motifs is 1. The topological polar surface area (TPSA) is 16.1 Å². The van der Waals surface area contributed by atoms with Crippen LogP contribution in [0.4, 0.5) is 4.39 Å². The van der Waals surface area contributed by atoms with Gasteiger partial charge in [-0.25, -0.2) is 4.39 Å². The zero-order chi connectivity index (χ0) is 17.2. The van der Waals surface area contributed by atoms with E-state index >= 15 is 0 Å². The molecule has 5 heteroatoms. The van der Waals surface area contributed by atoms with Gasteiger partial charge >= 0.3 is 0 Å². The van der Waals surface area contributed by atoms with Gasteiger partial charge in [0.15, 0.2) is 0 Å². The Bertz CT molecular complexity index is 871. The minimum absolute atomic E-state index is 0.0414. The predicted octanol–water partition coefficient (Wildman–Crippen LogP) is 5.14. The van der Waals surface area contributed by atoms with Crippen molar-refractivity contribution in [2.45, 2.75) is 19.3 Å². The molecule has 0 aliphatic carbocycles. The second-order valence-electron chi connectivity index (χ2n) is 6.43. The molecule has 0 radical (unpaired) electrons. The number of thiophene rings is 1. The fourth-order valence-electron chi connectivity index (χ4n) is 3.52. The second-order valence-corrected chi connectivity index (χ2v) is 8.64. The van der Waals surface area contributed by atoms with Crippen LogP contribution in [0.15, 0.2) is 42.6 Å². The molecule has 3 heterocycles. The maximum atomic E-state index is 14.3. The lowest BCUT2D eigenvalue weighted by atomic mass is 9.93. The van der Waals surface area contributed by atoms with E-state index in [9.17, 15) is 4.39 Å². The summed E-state index contributed by atoms with van der Waals surface area (Å²) in [5, 5.41) is 1.25. The lowest BCUT2D eigenvalue weighted by Crippen LogP contribution is -2.22. The molecule has 0 N–H and O–H groups in total. The Morgan fingerprint density at radius 2 is 2.12 bits per heavy atom. The fraction of sp³-hybridized carbons (Fsp3) is 0.350. The van der Waals surface area contributed by atoms with Crippen molar-refractivity contribution < 1.29 is 4.39 Å². The van der Waals surface area contributed by atoms with Crippen LogP contribution in [0.2, 0.25) is 0 Å². The van der Waals surface area contributed by atoms with Gasteiger partial charge in [0.1, 0.15) is 5.82 Å². The maximum absolute atomic E-state index is 14.3. The zero-order valence-corrected chi connectivity index (χ0v) is 15.9. The third kappa shape index (κ3) is 3.46. The van der Waals surface area contributed by atoms with Gasteiger partial charge < -0.3 is 0 Å². The van der Waals surface area contributed by atoms with E-state index in [1.54, 1.807) is 12.3 Å². The van der Waals surface area contributed by atoms with Crippen molar-refractivity contribution in [2.75, 3.05) is 24.7 Å².